The van der Waals surface area contributed by atoms with Gasteiger partial charge in [-0.15, -0.1) is 0 Å². The minimum atomic E-state index is 0.560. The molecule has 0 unspecified atom stereocenters. The molecule has 2 rings (SSSR count). The predicted molar refractivity (Wildman–Crippen MR) is 66.8 cm³/mol. The summed E-state index contributed by atoms with van der Waals surface area (Å²) in [5.74, 6) is 0.636. The normalized spacial score (nSPS) is 10.2. The highest BCUT2D eigenvalue weighted by atomic mass is 16.5. The summed E-state index contributed by atoms with van der Waals surface area (Å²) < 4.78 is 5.41. The summed E-state index contributed by atoms with van der Waals surface area (Å²) in [6.45, 7) is 4.36. The summed E-state index contributed by atoms with van der Waals surface area (Å²) in [5, 5.41) is 9.83. The van der Waals surface area contributed by atoms with Crippen molar-refractivity contribution in [1.82, 2.24) is 4.98 Å². The molecule has 4 heteroatoms. The molecule has 4 nitrogen and oxygen atoms in total. The molecule has 1 aromatic heterocycles. The van der Waals surface area contributed by atoms with Gasteiger partial charge in [-0.1, -0.05) is 0 Å². The van der Waals surface area contributed by atoms with Gasteiger partial charge >= 0.3 is 0 Å². The average Bonchev–Trinajstić information content (AvgIpc) is 2.32. The van der Waals surface area contributed by atoms with Crippen LogP contribution in [0, 0.1) is 18.3 Å². The fraction of sp³-hybridized carbons (Fsp3) is 0.231. The van der Waals surface area contributed by atoms with Gasteiger partial charge in [-0.25, -0.2) is 0 Å². The van der Waals surface area contributed by atoms with Crippen LogP contribution in [0.3, 0.4) is 0 Å². The zero-order valence-corrected chi connectivity index (χ0v) is 9.82. The van der Waals surface area contributed by atoms with Crippen molar-refractivity contribution in [3.63, 3.8) is 0 Å². The van der Waals surface area contributed by atoms with Crippen LogP contribution in [0.1, 0.15) is 18.1 Å². The number of hydrogen-bond acceptors (Lipinski definition) is 4. The van der Waals surface area contributed by atoms with Gasteiger partial charge < -0.3 is 10.5 Å². The molecule has 0 amide bonds. The van der Waals surface area contributed by atoms with Gasteiger partial charge in [0.25, 0.3) is 0 Å². The van der Waals surface area contributed by atoms with Gasteiger partial charge in [0.15, 0.2) is 0 Å². The van der Waals surface area contributed by atoms with Gasteiger partial charge in [0.1, 0.15) is 11.8 Å². The van der Waals surface area contributed by atoms with Crippen LogP contribution in [0.25, 0.3) is 10.9 Å². The lowest BCUT2D eigenvalue weighted by molar-refractivity contribution is 0.342. The minimum Gasteiger partial charge on any atom is -0.492 e. The van der Waals surface area contributed by atoms with Crippen molar-refractivity contribution in [1.29, 1.82) is 5.26 Å². The first kappa shape index (κ1) is 11.2. The Morgan fingerprint density at radius 3 is 2.88 bits per heavy atom. The van der Waals surface area contributed by atoms with E-state index in [1.54, 1.807) is 6.20 Å². The van der Waals surface area contributed by atoms with E-state index in [4.69, 9.17) is 15.7 Å². The molecule has 1 aromatic carbocycles. The first-order chi connectivity index (χ1) is 8.17. The molecule has 86 valence electrons. The molecule has 0 saturated heterocycles. The maximum absolute atomic E-state index is 8.94. The number of nitrogens with two attached hydrogens (primary N) is 1. The summed E-state index contributed by atoms with van der Waals surface area (Å²) in [5.41, 5.74) is 8.72. The fourth-order valence-electron chi connectivity index (χ4n) is 1.76. The molecule has 0 aliphatic rings. The Bertz CT molecular complexity index is 614. The quantitative estimate of drug-likeness (QED) is 0.799. The monoisotopic (exact) mass is 227 g/mol. The van der Waals surface area contributed by atoms with Crippen LogP contribution < -0.4 is 10.5 Å². The zero-order chi connectivity index (χ0) is 12.4. The van der Waals surface area contributed by atoms with E-state index in [2.05, 4.69) is 11.1 Å². The van der Waals surface area contributed by atoms with Crippen LogP contribution in [0.2, 0.25) is 0 Å². The molecule has 0 atom stereocenters. The van der Waals surface area contributed by atoms with Crippen LogP contribution in [0.4, 0.5) is 5.69 Å². The summed E-state index contributed by atoms with van der Waals surface area (Å²) in [6, 6.07) is 5.73. The highest BCUT2D eigenvalue weighted by Crippen LogP contribution is 2.29. The maximum Gasteiger partial charge on any atom is 0.144 e. The van der Waals surface area contributed by atoms with Crippen molar-refractivity contribution in [2.45, 2.75) is 13.8 Å². The number of nitriles is 1. The predicted octanol–water partition coefficient (Wildman–Crippen LogP) is 2.40. The highest BCUT2D eigenvalue weighted by molar-refractivity contribution is 5.88. The number of hydrogen-bond donors (Lipinski definition) is 1. The van der Waals surface area contributed by atoms with Crippen LogP contribution in [0.5, 0.6) is 5.75 Å². The SMILES string of the molecule is CCOc1cc2ncc(C#N)c(C)c2cc1N. The van der Waals surface area contributed by atoms with Crippen LogP contribution >= 0.6 is 0 Å². The van der Waals surface area contributed by atoms with E-state index in [0.717, 1.165) is 16.5 Å². The first-order valence-electron chi connectivity index (χ1n) is 5.39. The van der Waals surface area contributed by atoms with Crippen molar-refractivity contribution in [2.75, 3.05) is 12.3 Å². The number of nitrogens with zero attached hydrogens (tertiary/aromatic N) is 2. The minimum absolute atomic E-state index is 0.560. The van der Waals surface area contributed by atoms with Crippen molar-refractivity contribution >= 4 is 16.6 Å². The van der Waals surface area contributed by atoms with E-state index < -0.39 is 0 Å². The molecule has 0 aliphatic carbocycles. The lowest BCUT2D eigenvalue weighted by atomic mass is 10.0. The van der Waals surface area contributed by atoms with E-state index in [0.29, 0.717) is 23.6 Å². The molecule has 0 fully saturated rings. The third-order valence-corrected chi connectivity index (χ3v) is 2.69. The molecule has 0 radical (unpaired) electrons. The molecule has 1 heterocycles. The topological polar surface area (TPSA) is 71.9 Å². The fourth-order valence-corrected chi connectivity index (χ4v) is 1.76. The van der Waals surface area contributed by atoms with E-state index in [-0.39, 0.29) is 0 Å². The Kier molecular flexibility index (Phi) is 2.84. The lowest BCUT2D eigenvalue weighted by Gasteiger charge is -2.10. The number of pyridine rings is 1. The lowest BCUT2D eigenvalue weighted by Crippen LogP contribution is -1.98. The number of fused-ring (bicyclic) bond motifs is 1. The number of aryl methyl sites for hydroxylation is 1. The maximum atomic E-state index is 8.94. The van der Waals surface area contributed by atoms with Crippen molar-refractivity contribution in [3.05, 3.63) is 29.5 Å². The Hall–Kier alpha value is -2.28. The Morgan fingerprint density at radius 1 is 1.47 bits per heavy atom. The van der Waals surface area contributed by atoms with Crippen LogP contribution in [-0.4, -0.2) is 11.6 Å². The molecular formula is C13H13N3O. The Morgan fingerprint density at radius 2 is 2.24 bits per heavy atom. The highest BCUT2D eigenvalue weighted by Gasteiger charge is 2.08. The number of anilines is 1. The molecule has 2 N–H and O–H groups in total. The summed E-state index contributed by atoms with van der Waals surface area (Å²) in [7, 11) is 0. The van der Waals surface area contributed by atoms with Gasteiger partial charge in [0, 0.05) is 17.6 Å². The van der Waals surface area contributed by atoms with Gasteiger partial charge in [-0.3, -0.25) is 4.98 Å². The standard InChI is InChI=1S/C13H13N3O/c1-3-17-13-5-12-10(4-11(13)15)8(2)9(6-14)7-16-12/h4-5,7H,3,15H2,1-2H3. The van der Waals surface area contributed by atoms with E-state index in [9.17, 15) is 0 Å². The number of aromatic nitrogens is 1. The van der Waals surface area contributed by atoms with Crippen LogP contribution in [0.15, 0.2) is 18.3 Å². The second-order valence-corrected chi connectivity index (χ2v) is 3.75. The van der Waals surface area contributed by atoms with E-state index in [1.807, 2.05) is 26.0 Å². The molecule has 17 heavy (non-hydrogen) atoms. The number of rotatable bonds is 2. The van der Waals surface area contributed by atoms with Crippen molar-refractivity contribution in [3.8, 4) is 11.8 Å². The number of benzene rings is 1. The summed E-state index contributed by atoms with van der Waals surface area (Å²) in [4.78, 5) is 4.24. The van der Waals surface area contributed by atoms with Crippen molar-refractivity contribution in [2.24, 2.45) is 0 Å². The van der Waals surface area contributed by atoms with Gasteiger partial charge in [0.05, 0.1) is 23.4 Å². The molecule has 0 bridgehead atoms. The van der Waals surface area contributed by atoms with E-state index in [1.165, 1.54) is 0 Å². The Balaban J connectivity index is 2.70. The average molecular weight is 227 g/mol. The molecule has 2 aromatic rings. The molecular weight excluding hydrogens is 214 g/mol. The summed E-state index contributed by atoms with van der Waals surface area (Å²) >= 11 is 0. The van der Waals surface area contributed by atoms with Gasteiger partial charge in [-0.05, 0) is 25.5 Å². The third-order valence-electron chi connectivity index (χ3n) is 2.69. The van der Waals surface area contributed by atoms with Gasteiger partial charge in [0.2, 0.25) is 0 Å². The third kappa shape index (κ3) is 1.87. The van der Waals surface area contributed by atoms with Gasteiger partial charge in [-0.2, -0.15) is 5.26 Å². The summed E-state index contributed by atoms with van der Waals surface area (Å²) in [6.07, 6.45) is 1.57. The molecule has 0 saturated carbocycles. The Labute approximate surface area is 99.6 Å². The van der Waals surface area contributed by atoms with Crippen molar-refractivity contribution < 1.29 is 4.74 Å². The largest absolute Gasteiger partial charge is 0.492 e. The number of ether oxygens (including phenoxy) is 1. The zero-order valence-electron chi connectivity index (χ0n) is 9.82. The molecule has 0 aliphatic heterocycles. The van der Waals surface area contributed by atoms with E-state index >= 15 is 0 Å². The second kappa shape index (κ2) is 4.30. The first-order valence-corrected chi connectivity index (χ1v) is 5.39. The van der Waals surface area contributed by atoms with Crippen LogP contribution in [-0.2, 0) is 0 Å². The smallest absolute Gasteiger partial charge is 0.144 e. The molecule has 0 spiro atoms. The second-order valence-electron chi connectivity index (χ2n) is 3.75. The number of nitrogen functional groups attached to an aromatic ring is 1.